The molecule has 1 aliphatic rings. The fourth-order valence-corrected chi connectivity index (χ4v) is 6.18. The Morgan fingerprint density at radius 2 is 2.00 bits per heavy atom. The van der Waals surface area contributed by atoms with Gasteiger partial charge in [0.2, 0.25) is 10.0 Å². The number of nitrogens with one attached hydrogen (secondary N) is 1. The van der Waals surface area contributed by atoms with Crippen LogP contribution in [0.25, 0.3) is 0 Å². The molecule has 1 unspecified atom stereocenters. The molecule has 1 aromatic rings. The first-order valence-corrected chi connectivity index (χ1v) is 9.56. The molecule has 0 saturated carbocycles. The van der Waals surface area contributed by atoms with Crippen LogP contribution in [0.15, 0.2) is 24.3 Å². The Kier molecular flexibility index (Phi) is 3.97. The maximum atomic E-state index is 12.2. The summed E-state index contributed by atoms with van der Waals surface area (Å²) in [6.45, 7) is 0. The summed E-state index contributed by atoms with van der Waals surface area (Å²) in [4.78, 5) is 1.86. The molecular formula is C12H18N2O4S2. The molecule has 1 heterocycles. The largest absolute Gasteiger partial charge is 0.378 e. The van der Waals surface area contributed by atoms with Crippen LogP contribution in [0.5, 0.6) is 0 Å². The third-order valence-electron chi connectivity index (χ3n) is 3.25. The van der Waals surface area contributed by atoms with Crippen molar-refractivity contribution in [2.24, 2.45) is 0 Å². The van der Waals surface area contributed by atoms with Gasteiger partial charge in [-0.25, -0.2) is 16.8 Å². The van der Waals surface area contributed by atoms with E-state index in [4.69, 9.17) is 0 Å². The number of anilines is 2. The van der Waals surface area contributed by atoms with Crippen LogP contribution in [-0.2, 0) is 19.9 Å². The van der Waals surface area contributed by atoms with Crippen LogP contribution in [0.4, 0.5) is 11.4 Å². The van der Waals surface area contributed by atoms with E-state index in [2.05, 4.69) is 4.72 Å². The number of benzene rings is 1. The molecule has 1 aromatic carbocycles. The Labute approximate surface area is 119 Å². The van der Waals surface area contributed by atoms with Crippen molar-refractivity contribution in [3.05, 3.63) is 24.3 Å². The highest BCUT2D eigenvalue weighted by Crippen LogP contribution is 2.23. The molecule has 0 spiro atoms. The minimum Gasteiger partial charge on any atom is -0.378 e. The number of sulfonamides is 1. The Balaban J connectivity index is 2.19. The average Bonchev–Trinajstić information content (AvgIpc) is 2.70. The van der Waals surface area contributed by atoms with Gasteiger partial charge in [0.1, 0.15) is 0 Å². The van der Waals surface area contributed by atoms with E-state index in [1.54, 1.807) is 18.2 Å². The third-order valence-corrected chi connectivity index (χ3v) is 7.03. The summed E-state index contributed by atoms with van der Waals surface area (Å²) >= 11 is 0. The monoisotopic (exact) mass is 318 g/mol. The van der Waals surface area contributed by atoms with Gasteiger partial charge in [-0.05, 0) is 24.6 Å². The lowest BCUT2D eigenvalue weighted by Crippen LogP contribution is -2.28. The van der Waals surface area contributed by atoms with E-state index in [9.17, 15) is 16.8 Å². The van der Waals surface area contributed by atoms with Crippen molar-refractivity contribution in [1.29, 1.82) is 0 Å². The van der Waals surface area contributed by atoms with Crippen LogP contribution in [0.1, 0.15) is 6.42 Å². The van der Waals surface area contributed by atoms with E-state index < -0.39 is 25.1 Å². The molecule has 1 N–H and O–H groups in total. The fourth-order valence-electron chi connectivity index (χ4n) is 2.10. The van der Waals surface area contributed by atoms with Crippen molar-refractivity contribution < 1.29 is 16.8 Å². The zero-order chi connectivity index (χ0) is 15.0. The highest BCUT2D eigenvalue weighted by molar-refractivity contribution is 7.97. The van der Waals surface area contributed by atoms with Gasteiger partial charge in [-0.2, -0.15) is 0 Å². The summed E-state index contributed by atoms with van der Waals surface area (Å²) in [7, 11) is -3.18. The molecule has 0 radical (unpaired) electrons. The first-order valence-electron chi connectivity index (χ1n) is 6.19. The second kappa shape index (κ2) is 5.25. The summed E-state index contributed by atoms with van der Waals surface area (Å²) in [5.41, 5.74) is 1.31. The molecule has 8 heteroatoms. The molecule has 20 heavy (non-hydrogen) atoms. The standard InChI is InChI=1S/C12H18N2O4S2/c1-14(2)11-5-3-4-10(8-11)13-20(17,18)12-6-7-19(15,16)9-12/h3-5,8,12-13H,6-7,9H2,1-2H3. The summed E-state index contributed by atoms with van der Waals surface area (Å²) in [6, 6.07) is 6.96. The highest BCUT2D eigenvalue weighted by atomic mass is 32.2. The topological polar surface area (TPSA) is 83.6 Å². The van der Waals surface area contributed by atoms with Crippen molar-refractivity contribution in [3.63, 3.8) is 0 Å². The van der Waals surface area contributed by atoms with Gasteiger partial charge in [0.25, 0.3) is 0 Å². The smallest absolute Gasteiger partial charge is 0.236 e. The molecule has 1 saturated heterocycles. The molecule has 1 fully saturated rings. The average molecular weight is 318 g/mol. The van der Waals surface area contributed by atoms with Gasteiger partial charge in [-0.3, -0.25) is 4.72 Å². The SMILES string of the molecule is CN(C)c1cccc(NS(=O)(=O)C2CCS(=O)(=O)C2)c1. The normalized spacial score (nSPS) is 21.6. The second-order valence-corrected chi connectivity index (χ2v) is 9.31. The number of rotatable bonds is 4. The predicted octanol–water partition coefficient (Wildman–Crippen LogP) is 0.681. The van der Waals surface area contributed by atoms with E-state index in [0.29, 0.717) is 5.69 Å². The number of hydrogen-bond donors (Lipinski definition) is 1. The van der Waals surface area contributed by atoms with E-state index in [0.717, 1.165) is 5.69 Å². The van der Waals surface area contributed by atoms with Gasteiger partial charge in [0, 0.05) is 19.8 Å². The van der Waals surface area contributed by atoms with Gasteiger partial charge in [0.05, 0.1) is 22.4 Å². The van der Waals surface area contributed by atoms with E-state index in [1.165, 1.54) is 0 Å². The van der Waals surface area contributed by atoms with Crippen molar-refractivity contribution in [3.8, 4) is 0 Å². The third kappa shape index (κ3) is 3.43. The van der Waals surface area contributed by atoms with Crippen LogP contribution in [-0.4, -0.2) is 47.7 Å². The molecule has 0 aromatic heterocycles. The van der Waals surface area contributed by atoms with Gasteiger partial charge in [-0.15, -0.1) is 0 Å². The van der Waals surface area contributed by atoms with Crippen molar-refractivity contribution >= 4 is 31.2 Å². The molecule has 0 bridgehead atoms. The van der Waals surface area contributed by atoms with Gasteiger partial charge < -0.3 is 4.90 Å². The van der Waals surface area contributed by atoms with Gasteiger partial charge >= 0.3 is 0 Å². The van der Waals surface area contributed by atoms with Crippen LogP contribution in [0, 0.1) is 0 Å². The quantitative estimate of drug-likeness (QED) is 0.882. The Morgan fingerprint density at radius 1 is 1.30 bits per heavy atom. The van der Waals surface area contributed by atoms with Crippen molar-refractivity contribution in [2.75, 3.05) is 35.2 Å². The summed E-state index contributed by atoms with van der Waals surface area (Å²) in [5.74, 6) is -0.355. The predicted molar refractivity (Wildman–Crippen MR) is 80.4 cm³/mol. The lowest BCUT2D eigenvalue weighted by atomic mass is 10.3. The van der Waals surface area contributed by atoms with Crippen LogP contribution >= 0.6 is 0 Å². The van der Waals surface area contributed by atoms with E-state index in [-0.39, 0.29) is 17.9 Å². The Hall–Kier alpha value is -1.28. The molecule has 6 nitrogen and oxygen atoms in total. The molecule has 0 amide bonds. The minimum atomic E-state index is -3.67. The molecule has 2 rings (SSSR count). The number of hydrogen-bond acceptors (Lipinski definition) is 5. The fraction of sp³-hybridized carbons (Fsp3) is 0.500. The van der Waals surface area contributed by atoms with Crippen LogP contribution < -0.4 is 9.62 Å². The van der Waals surface area contributed by atoms with Crippen molar-refractivity contribution in [2.45, 2.75) is 11.7 Å². The zero-order valence-electron chi connectivity index (χ0n) is 11.4. The first-order chi connectivity index (χ1) is 9.20. The zero-order valence-corrected chi connectivity index (χ0v) is 13.0. The minimum absolute atomic E-state index is 0.0592. The van der Waals surface area contributed by atoms with E-state index >= 15 is 0 Å². The molecular weight excluding hydrogens is 300 g/mol. The van der Waals surface area contributed by atoms with Crippen LogP contribution in [0.2, 0.25) is 0 Å². The summed E-state index contributed by atoms with van der Waals surface area (Å²) < 4.78 is 49.6. The maximum absolute atomic E-state index is 12.2. The highest BCUT2D eigenvalue weighted by Gasteiger charge is 2.37. The Bertz CT molecular complexity index is 696. The second-order valence-electron chi connectivity index (χ2n) is 5.12. The lowest BCUT2D eigenvalue weighted by Gasteiger charge is -2.16. The summed E-state index contributed by atoms with van der Waals surface area (Å²) in [5, 5.41) is -0.865. The number of sulfone groups is 1. The lowest BCUT2D eigenvalue weighted by molar-refractivity contribution is 0.587. The summed E-state index contributed by atoms with van der Waals surface area (Å²) in [6.07, 6.45) is 0.158. The Morgan fingerprint density at radius 3 is 2.55 bits per heavy atom. The van der Waals surface area contributed by atoms with Gasteiger partial charge in [-0.1, -0.05) is 6.07 Å². The van der Waals surface area contributed by atoms with Gasteiger partial charge in [0.15, 0.2) is 9.84 Å². The van der Waals surface area contributed by atoms with E-state index in [1.807, 2.05) is 25.1 Å². The van der Waals surface area contributed by atoms with Crippen molar-refractivity contribution in [1.82, 2.24) is 0 Å². The maximum Gasteiger partial charge on any atom is 0.236 e. The van der Waals surface area contributed by atoms with Crippen LogP contribution in [0.3, 0.4) is 0 Å². The molecule has 1 atom stereocenters. The molecule has 0 aliphatic carbocycles. The molecule has 112 valence electrons. The first kappa shape index (κ1) is 15.1. The number of nitrogens with zero attached hydrogens (tertiary/aromatic N) is 1. The molecule has 1 aliphatic heterocycles.